The third-order valence-corrected chi connectivity index (χ3v) is 4.30. The van der Waals surface area contributed by atoms with Crippen molar-refractivity contribution in [3.63, 3.8) is 0 Å². The zero-order valence-electron chi connectivity index (χ0n) is 23.6. The second kappa shape index (κ2) is 7.86. The Morgan fingerprint density at radius 3 is 2.45 bits per heavy atom. The average molecular weight is 434 g/mol. The zero-order chi connectivity index (χ0) is 28.9. The Labute approximate surface area is 188 Å². The van der Waals surface area contributed by atoms with Crippen molar-refractivity contribution >= 4 is 23.6 Å². The van der Waals surface area contributed by atoms with Gasteiger partial charge in [-0.05, 0) is 65.9 Å². The lowest BCUT2D eigenvalue weighted by molar-refractivity contribution is -0.336. The van der Waals surface area contributed by atoms with E-state index in [4.69, 9.17) is 15.7 Å². The Kier molecular flexibility index (Phi) is 3.27. The normalized spacial score (nSPS) is 23.0. The second-order valence-electron chi connectivity index (χ2n) is 6.47. The van der Waals surface area contributed by atoms with E-state index >= 15 is 0 Å². The molecule has 1 N–H and O–H groups in total. The molecule has 1 unspecified atom stereocenters. The summed E-state index contributed by atoms with van der Waals surface area (Å²) in [4.78, 5) is 17.1. The number of fused-ring (bicyclic) bond motifs is 1. The van der Waals surface area contributed by atoms with E-state index in [0.29, 0.717) is 0 Å². The number of amides is 1. The van der Waals surface area contributed by atoms with Crippen LogP contribution >= 0.6 is 0 Å². The monoisotopic (exact) mass is 434 g/mol. The first-order chi connectivity index (χ1) is 18.0. The number of carbonyl (C=O) groups is 1. The van der Waals surface area contributed by atoms with Crippen LogP contribution in [0.3, 0.4) is 0 Å². The van der Waals surface area contributed by atoms with Crippen LogP contribution in [0.4, 0.5) is 18.9 Å². The van der Waals surface area contributed by atoms with Crippen molar-refractivity contribution in [1.29, 1.82) is 0 Å². The van der Waals surface area contributed by atoms with Crippen molar-refractivity contribution in [2.24, 2.45) is 4.99 Å². The van der Waals surface area contributed by atoms with E-state index < -0.39 is 60.8 Å². The number of nitrogens with one attached hydrogen (secondary N) is 1. The van der Waals surface area contributed by atoms with Gasteiger partial charge in [0, 0.05) is 22.1 Å². The molecule has 0 bridgehead atoms. The van der Waals surface area contributed by atoms with Gasteiger partial charge < -0.3 is 10.1 Å². The molecule has 4 rings (SSSR count). The van der Waals surface area contributed by atoms with Crippen LogP contribution in [0.2, 0.25) is 0 Å². The summed E-state index contributed by atoms with van der Waals surface area (Å²) in [5, 5.41) is 2.49. The summed E-state index contributed by atoms with van der Waals surface area (Å²) < 4.78 is 107. The van der Waals surface area contributed by atoms with Gasteiger partial charge in [-0.15, -0.1) is 0 Å². The Hall–Kier alpha value is -3.68. The van der Waals surface area contributed by atoms with E-state index in [1.165, 1.54) is 24.3 Å². The lowest BCUT2D eigenvalue weighted by Crippen LogP contribution is -2.28. The number of hydrogen-bond donors (Lipinski definition) is 1. The van der Waals surface area contributed by atoms with E-state index in [0.717, 1.165) is 35.1 Å². The Morgan fingerprint density at radius 1 is 1.16 bits per heavy atom. The fourth-order valence-electron chi connectivity index (χ4n) is 2.85. The Morgan fingerprint density at radius 2 is 1.84 bits per heavy atom. The van der Waals surface area contributed by atoms with Crippen LogP contribution in [0.5, 0.6) is 11.5 Å². The number of halogens is 3. The van der Waals surface area contributed by atoms with Crippen LogP contribution in [-0.2, 0) is 11.0 Å². The summed E-state index contributed by atoms with van der Waals surface area (Å²) in [5.74, 6) is -0.874. The quantitative estimate of drug-likeness (QED) is 0.645. The van der Waals surface area contributed by atoms with E-state index in [2.05, 4.69) is 10.3 Å². The van der Waals surface area contributed by atoms with E-state index in [1.807, 2.05) is 0 Å². The summed E-state index contributed by atoms with van der Waals surface area (Å²) in [7, 11) is 0. The van der Waals surface area contributed by atoms with Gasteiger partial charge in [0.1, 0.15) is 11.5 Å². The number of carbonyl (C=O) groups excluding carboxylic acids is 1. The van der Waals surface area contributed by atoms with Gasteiger partial charge in [0.05, 0.1) is 19.5 Å². The molecule has 0 saturated heterocycles. The summed E-state index contributed by atoms with van der Waals surface area (Å²) in [6.07, 6.45) is -5.19. The number of hydrogen-bond acceptors (Lipinski definition) is 3. The minimum absolute atomic E-state index is 0.139. The molecule has 158 valence electrons. The molecule has 1 atom stereocenters. The molecule has 2 aromatic carbocycles. The summed E-state index contributed by atoms with van der Waals surface area (Å²) in [5.41, 5.74) is -2.35. The number of anilines is 1. The first-order valence-electron chi connectivity index (χ1n) is 12.9. The van der Waals surface area contributed by atoms with E-state index in [9.17, 15) is 18.0 Å². The maximum atomic E-state index is 13.2. The largest absolute Gasteiger partial charge is 0.457 e. The number of nitrogens with zero attached hydrogens (tertiary/aromatic N) is 2. The van der Waals surface area contributed by atoms with Gasteiger partial charge in [0.15, 0.2) is 0 Å². The number of benzene rings is 2. The van der Waals surface area contributed by atoms with Gasteiger partial charge in [-0.2, -0.15) is 17.7 Å². The van der Waals surface area contributed by atoms with Crippen LogP contribution < -0.4 is 10.1 Å². The van der Waals surface area contributed by atoms with E-state index in [-0.39, 0.29) is 23.0 Å². The van der Waals surface area contributed by atoms with Gasteiger partial charge in [0.25, 0.3) is 5.91 Å². The first kappa shape index (κ1) is 12.9. The first-order valence-corrected chi connectivity index (χ1v) is 8.84. The van der Waals surface area contributed by atoms with Crippen LogP contribution in [-0.4, -0.2) is 22.5 Å². The lowest BCUT2D eigenvalue weighted by Gasteiger charge is -2.11. The van der Waals surface area contributed by atoms with Gasteiger partial charge in [-0.3, -0.25) is 4.79 Å². The third-order valence-electron chi connectivity index (χ3n) is 4.30. The zero-order valence-corrected chi connectivity index (χ0v) is 15.6. The maximum Gasteiger partial charge on any atom is 0.416 e. The molecule has 2 aromatic rings. The molecule has 2 aliphatic rings. The molecule has 5 nitrogen and oxygen atoms in total. The highest BCUT2D eigenvalue weighted by molar-refractivity contribution is 6.06. The second-order valence-corrected chi connectivity index (χ2v) is 6.47. The fourth-order valence-corrected chi connectivity index (χ4v) is 2.85. The molecule has 0 aromatic heterocycles. The summed E-state index contributed by atoms with van der Waals surface area (Å²) in [6.45, 7) is -5.69. The Bertz CT molecular complexity index is 1440. The molecule has 0 radical (unpaired) electrons. The van der Waals surface area contributed by atoms with Crippen molar-refractivity contribution in [3.05, 3.63) is 77.1 Å². The highest BCUT2D eigenvalue weighted by Gasteiger charge is 2.36. The smallest absolute Gasteiger partial charge is 0.416 e. The highest BCUT2D eigenvalue weighted by atomic mass is 19.4. The predicted molar refractivity (Wildman–Crippen MR) is 111 cm³/mol. The topological polar surface area (TPSA) is 53.7 Å². The third kappa shape index (κ3) is 4.42. The van der Waals surface area contributed by atoms with Gasteiger partial charge in [0.2, 0.25) is 11.4 Å². The molecule has 0 spiro atoms. The number of rotatable bonds is 4. The van der Waals surface area contributed by atoms with Crippen molar-refractivity contribution in [2.75, 3.05) is 5.32 Å². The number of ether oxygens (including phenoxy) is 1. The fraction of sp³-hybridized carbons (Fsp3) is 0.174. The van der Waals surface area contributed by atoms with Crippen LogP contribution in [0, 0.1) is 0 Å². The van der Waals surface area contributed by atoms with Crippen LogP contribution in [0.15, 0.2) is 76.5 Å². The van der Waals surface area contributed by atoms with Crippen molar-refractivity contribution in [1.82, 2.24) is 0 Å². The maximum absolute atomic E-state index is 13.2. The molecule has 2 heterocycles. The minimum Gasteiger partial charge on any atom is -0.457 e. The standard InChI is InChI=1S/C23H18F3N3O2/c1-14-3-12-20-27-15(2)21(29(20)13-14)22(30)28-17-6-10-19(11-7-17)31-18-8-4-16(5-9-18)23(24,25)26/h3-11,13H,12H2,1-2H3/p+1/i1D3,2D3,3D,12D. The van der Waals surface area contributed by atoms with Gasteiger partial charge in [-0.1, -0.05) is 6.05 Å². The van der Waals surface area contributed by atoms with Crippen LogP contribution in [0.1, 0.15) is 36.6 Å². The Balaban J connectivity index is 1.58. The summed E-state index contributed by atoms with van der Waals surface area (Å²) >= 11 is 0. The number of allylic oxidation sites excluding steroid dienone is 2. The molecule has 1 amide bonds. The molecule has 2 aliphatic heterocycles. The molecule has 0 aliphatic carbocycles. The molecular formula is C23H19F3N3O2+. The number of aliphatic imine (C=N–C) groups is 1. The molecule has 8 heteroatoms. The predicted octanol–water partition coefficient (Wildman–Crippen LogP) is 5.51. The minimum atomic E-state index is -4.49. The molecular weight excluding hydrogens is 407 g/mol. The molecule has 0 saturated carbocycles. The van der Waals surface area contributed by atoms with E-state index in [1.54, 1.807) is 0 Å². The van der Waals surface area contributed by atoms with Crippen molar-refractivity contribution in [2.45, 2.75) is 26.3 Å². The molecule has 31 heavy (non-hydrogen) atoms. The molecule has 0 fully saturated rings. The SMILES string of the molecule is [2H]C1=C(C([2H])([2H])[2H])C=[N+]2C(=NC(C([2H])([2H])[2H])=C2C(=O)Nc2ccc(Oc3ccc(C(F)(F)F)cc3)cc2)C1[2H]. The van der Waals surface area contributed by atoms with Crippen LogP contribution in [0.25, 0.3) is 0 Å². The van der Waals surface area contributed by atoms with Crippen molar-refractivity contribution < 1.29 is 38.2 Å². The number of alkyl halides is 3. The lowest BCUT2D eigenvalue weighted by atomic mass is 10.2. The van der Waals surface area contributed by atoms with Gasteiger partial charge in [-0.25, -0.2) is 0 Å². The highest BCUT2D eigenvalue weighted by Crippen LogP contribution is 2.31. The average Bonchev–Trinajstić information content (AvgIpc) is 3.22. The van der Waals surface area contributed by atoms with Gasteiger partial charge >= 0.3 is 12.0 Å². The van der Waals surface area contributed by atoms with Crippen molar-refractivity contribution in [3.8, 4) is 11.5 Å². The summed E-state index contributed by atoms with van der Waals surface area (Å²) in [6, 6.07) is 9.07. The number of amidine groups is 1.